The van der Waals surface area contributed by atoms with Gasteiger partial charge in [0.1, 0.15) is 27.8 Å². The molecule has 2 heterocycles. The molecule has 0 saturated carbocycles. The number of allylic oxidation sites excluding steroid dienone is 1. The van der Waals surface area contributed by atoms with E-state index in [1.165, 1.54) is 41.7 Å². The lowest BCUT2D eigenvalue weighted by molar-refractivity contribution is -0.384. The number of hydrogen-bond donors (Lipinski definition) is 0. The van der Waals surface area contributed by atoms with E-state index in [-0.39, 0.29) is 11.3 Å². The number of benzene rings is 1. The number of nitro groups is 1. The Morgan fingerprint density at radius 2 is 1.76 bits per heavy atom. The van der Waals surface area contributed by atoms with E-state index >= 15 is 0 Å². The zero-order valence-corrected chi connectivity index (χ0v) is 11.7. The lowest BCUT2D eigenvalue weighted by Crippen LogP contribution is -1.91. The van der Waals surface area contributed by atoms with E-state index in [2.05, 4.69) is 9.97 Å². The minimum absolute atomic E-state index is 0.0137. The van der Waals surface area contributed by atoms with Crippen LogP contribution in [0.5, 0.6) is 0 Å². The number of fused-ring (bicyclic) bond motifs is 2. The first-order valence-corrected chi connectivity index (χ1v) is 7.12. The predicted molar refractivity (Wildman–Crippen MR) is 76.2 cm³/mol. The van der Waals surface area contributed by atoms with Crippen molar-refractivity contribution in [3.8, 4) is 12.1 Å². The molecule has 1 aliphatic heterocycles. The van der Waals surface area contributed by atoms with Crippen LogP contribution >= 0.6 is 23.5 Å². The summed E-state index contributed by atoms with van der Waals surface area (Å²) in [5.41, 5.74) is 0.898. The van der Waals surface area contributed by atoms with Gasteiger partial charge in [-0.2, -0.15) is 10.5 Å². The highest BCUT2D eigenvalue weighted by molar-refractivity contribution is 8.24. The Bertz CT molecular complexity index is 894. The number of rotatable bonds is 1. The van der Waals surface area contributed by atoms with Gasteiger partial charge >= 0.3 is 0 Å². The van der Waals surface area contributed by atoms with Gasteiger partial charge < -0.3 is 0 Å². The summed E-state index contributed by atoms with van der Waals surface area (Å²) in [6.07, 6.45) is 0. The van der Waals surface area contributed by atoms with Crippen LogP contribution in [0, 0.1) is 32.8 Å². The van der Waals surface area contributed by atoms with Crippen LogP contribution in [0.25, 0.3) is 11.0 Å². The molecule has 100 valence electrons. The third-order valence-corrected chi connectivity index (χ3v) is 4.97. The van der Waals surface area contributed by atoms with Gasteiger partial charge in [-0.25, -0.2) is 9.97 Å². The molecular formula is C12H3N5O2S2. The zero-order valence-electron chi connectivity index (χ0n) is 10.1. The van der Waals surface area contributed by atoms with Crippen molar-refractivity contribution in [3.63, 3.8) is 0 Å². The van der Waals surface area contributed by atoms with E-state index in [4.69, 9.17) is 10.5 Å². The number of aromatic nitrogens is 2. The molecule has 2 aromatic rings. The summed E-state index contributed by atoms with van der Waals surface area (Å²) in [4.78, 5) is 19.0. The third-order valence-electron chi connectivity index (χ3n) is 2.60. The standard InChI is InChI=1S/C12H3N5O2S2/c13-4-6(5-14)12-20-10-11(21-12)16-9-3-7(17(18)19)1-2-8(9)15-10/h1-3H. The molecule has 0 fully saturated rings. The Morgan fingerprint density at radius 1 is 1.14 bits per heavy atom. The van der Waals surface area contributed by atoms with Crippen molar-refractivity contribution in [3.05, 3.63) is 38.1 Å². The van der Waals surface area contributed by atoms with Crippen LogP contribution < -0.4 is 0 Å². The minimum atomic E-state index is -0.495. The normalized spacial score (nSPS) is 12.6. The highest BCUT2D eigenvalue weighted by atomic mass is 32.2. The molecule has 3 rings (SSSR count). The van der Waals surface area contributed by atoms with Crippen LogP contribution in [0.1, 0.15) is 0 Å². The molecule has 0 bridgehead atoms. The molecule has 21 heavy (non-hydrogen) atoms. The van der Waals surface area contributed by atoms with E-state index in [1.807, 2.05) is 12.1 Å². The van der Waals surface area contributed by atoms with Crippen molar-refractivity contribution in [1.29, 1.82) is 10.5 Å². The lowest BCUT2D eigenvalue weighted by atomic mass is 10.3. The van der Waals surface area contributed by atoms with Crippen molar-refractivity contribution in [2.75, 3.05) is 0 Å². The SMILES string of the molecule is N#CC(C#N)=C1Sc2nc3ccc([N+](=O)[O-])cc3nc2S1. The molecule has 0 saturated heterocycles. The van der Waals surface area contributed by atoms with E-state index in [0.29, 0.717) is 25.3 Å². The van der Waals surface area contributed by atoms with Gasteiger partial charge in [0.2, 0.25) is 0 Å². The summed E-state index contributed by atoms with van der Waals surface area (Å²) < 4.78 is 0.528. The van der Waals surface area contributed by atoms with E-state index in [9.17, 15) is 10.1 Å². The van der Waals surface area contributed by atoms with Crippen LogP contribution in [0.15, 0.2) is 38.1 Å². The summed E-state index contributed by atoms with van der Waals surface area (Å²) in [6, 6.07) is 7.90. The predicted octanol–water partition coefficient (Wildman–Crippen LogP) is 2.99. The average Bonchev–Trinajstić information content (AvgIpc) is 2.87. The summed E-state index contributed by atoms with van der Waals surface area (Å²) in [5.74, 6) is 0. The fourth-order valence-corrected chi connectivity index (χ4v) is 3.85. The molecule has 0 unspecified atom stereocenters. The lowest BCUT2D eigenvalue weighted by Gasteiger charge is -1.99. The van der Waals surface area contributed by atoms with Crippen molar-refractivity contribution in [2.24, 2.45) is 0 Å². The van der Waals surface area contributed by atoms with Crippen LogP contribution in [-0.2, 0) is 0 Å². The van der Waals surface area contributed by atoms with Crippen molar-refractivity contribution >= 4 is 40.2 Å². The fraction of sp³-hybridized carbons (Fsp3) is 0. The van der Waals surface area contributed by atoms with Gasteiger partial charge in [0.25, 0.3) is 5.69 Å². The number of non-ortho nitro benzene ring substituents is 1. The number of nitrogens with zero attached hydrogens (tertiary/aromatic N) is 5. The molecular weight excluding hydrogens is 310 g/mol. The van der Waals surface area contributed by atoms with Gasteiger partial charge in [0.05, 0.1) is 20.2 Å². The first-order chi connectivity index (χ1) is 10.1. The van der Waals surface area contributed by atoms with E-state index < -0.39 is 4.92 Å². The second kappa shape index (κ2) is 5.05. The molecule has 7 nitrogen and oxygen atoms in total. The fourth-order valence-electron chi connectivity index (χ4n) is 1.67. The smallest absolute Gasteiger partial charge is 0.258 e. The van der Waals surface area contributed by atoms with Crippen molar-refractivity contribution in [1.82, 2.24) is 9.97 Å². The van der Waals surface area contributed by atoms with Gasteiger partial charge in [-0.15, -0.1) is 0 Å². The zero-order chi connectivity index (χ0) is 15.0. The van der Waals surface area contributed by atoms with Crippen molar-refractivity contribution < 1.29 is 4.92 Å². The molecule has 0 aliphatic carbocycles. The summed E-state index contributed by atoms with van der Waals surface area (Å²) in [5, 5.41) is 29.7. The molecule has 1 aromatic carbocycles. The Labute approximate surface area is 126 Å². The summed E-state index contributed by atoms with van der Waals surface area (Å²) in [6.45, 7) is 0. The molecule has 0 N–H and O–H groups in total. The molecule has 0 atom stereocenters. The van der Waals surface area contributed by atoms with E-state index in [1.54, 1.807) is 0 Å². The maximum atomic E-state index is 10.8. The molecule has 0 amide bonds. The Kier molecular flexibility index (Phi) is 3.22. The topological polar surface area (TPSA) is 116 Å². The molecule has 1 aliphatic rings. The first kappa shape index (κ1) is 13.4. The van der Waals surface area contributed by atoms with E-state index in [0.717, 1.165) is 0 Å². The van der Waals surface area contributed by atoms with Gasteiger partial charge in [-0.05, 0) is 6.07 Å². The Morgan fingerprint density at radius 3 is 2.33 bits per heavy atom. The molecule has 1 aromatic heterocycles. The maximum Gasteiger partial charge on any atom is 0.271 e. The molecule has 9 heteroatoms. The number of nitriles is 2. The third kappa shape index (κ3) is 2.29. The van der Waals surface area contributed by atoms with Gasteiger partial charge in [0.15, 0.2) is 0 Å². The number of nitro benzene ring substituents is 1. The van der Waals surface area contributed by atoms with Crippen LogP contribution in [0.4, 0.5) is 5.69 Å². The monoisotopic (exact) mass is 313 g/mol. The van der Waals surface area contributed by atoms with Crippen LogP contribution in [0.3, 0.4) is 0 Å². The van der Waals surface area contributed by atoms with Crippen LogP contribution in [-0.4, -0.2) is 14.9 Å². The average molecular weight is 313 g/mol. The highest BCUT2D eigenvalue weighted by Crippen LogP contribution is 2.50. The second-order valence-corrected chi connectivity index (χ2v) is 6.11. The van der Waals surface area contributed by atoms with Crippen molar-refractivity contribution in [2.45, 2.75) is 10.1 Å². The molecule has 0 radical (unpaired) electrons. The number of thioether (sulfide) groups is 2. The van der Waals surface area contributed by atoms with Gasteiger partial charge in [-0.3, -0.25) is 10.1 Å². The highest BCUT2D eigenvalue weighted by Gasteiger charge is 2.25. The maximum absolute atomic E-state index is 10.8. The van der Waals surface area contributed by atoms with Gasteiger partial charge in [0, 0.05) is 12.1 Å². The largest absolute Gasteiger partial charge is 0.271 e. The summed E-state index contributed by atoms with van der Waals surface area (Å²) in [7, 11) is 0. The number of hydrogen-bond acceptors (Lipinski definition) is 8. The Balaban J connectivity index is 2.13. The van der Waals surface area contributed by atoms with Gasteiger partial charge in [-0.1, -0.05) is 23.5 Å². The second-order valence-electron chi connectivity index (χ2n) is 3.85. The first-order valence-electron chi connectivity index (χ1n) is 5.48. The Hall–Kier alpha value is -2.62. The molecule has 0 spiro atoms. The summed E-state index contributed by atoms with van der Waals surface area (Å²) >= 11 is 2.39. The minimum Gasteiger partial charge on any atom is -0.258 e. The quantitative estimate of drug-likeness (QED) is 0.448. The van der Waals surface area contributed by atoms with Crippen LogP contribution in [0.2, 0.25) is 0 Å².